The fourth-order valence-corrected chi connectivity index (χ4v) is 3.03. The summed E-state index contributed by atoms with van der Waals surface area (Å²) in [6.45, 7) is 2.47. The van der Waals surface area contributed by atoms with Crippen molar-refractivity contribution in [1.29, 1.82) is 0 Å². The maximum atomic E-state index is 12.4. The minimum absolute atomic E-state index is 0.00252. The van der Waals surface area contributed by atoms with Gasteiger partial charge in [0.2, 0.25) is 5.91 Å². The molecule has 0 aliphatic rings. The number of hydrogen-bond donors (Lipinski definition) is 3. The van der Waals surface area contributed by atoms with Gasteiger partial charge in [-0.15, -0.1) is 0 Å². The van der Waals surface area contributed by atoms with Gasteiger partial charge in [-0.05, 0) is 41.3 Å². The van der Waals surface area contributed by atoms with Crippen LogP contribution in [0.15, 0.2) is 78.9 Å². The quantitative estimate of drug-likeness (QED) is 0.528. The van der Waals surface area contributed by atoms with Crippen LogP contribution < -0.4 is 16.4 Å². The first-order chi connectivity index (χ1) is 14.0. The van der Waals surface area contributed by atoms with Crippen LogP contribution in [-0.4, -0.2) is 11.8 Å². The molecule has 5 nitrogen and oxygen atoms in total. The van der Waals surface area contributed by atoms with Gasteiger partial charge in [-0.2, -0.15) is 0 Å². The Morgan fingerprint density at radius 1 is 0.897 bits per heavy atom. The van der Waals surface area contributed by atoms with E-state index in [1.54, 1.807) is 24.3 Å². The lowest BCUT2D eigenvalue weighted by Crippen LogP contribution is -2.24. The lowest BCUT2D eigenvalue weighted by Gasteiger charge is -2.12. The SMILES string of the molecule is CC(CC(=O)NCc1ccc(C(=O)Nc2ccccc2N)cc1)c1ccccc1. The molecule has 1 unspecified atom stereocenters. The lowest BCUT2D eigenvalue weighted by atomic mass is 9.97. The minimum atomic E-state index is -0.227. The zero-order valence-corrected chi connectivity index (χ0v) is 16.4. The maximum Gasteiger partial charge on any atom is 0.255 e. The second kappa shape index (κ2) is 9.55. The first kappa shape index (κ1) is 20.1. The Hall–Kier alpha value is -3.60. The number of nitrogens with two attached hydrogens (primary N) is 1. The zero-order valence-electron chi connectivity index (χ0n) is 16.4. The summed E-state index contributed by atoms with van der Waals surface area (Å²) in [4.78, 5) is 24.6. The Kier molecular flexibility index (Phi) is 6.63. The van der Waals surface area contributed by atoms with E-state index in [0.29, 0.717) is 29.9 Å². The first-order valence-electron chi connectivity index (χ1n) is 9.59. The summed E-state index contributed by atoms with van der Waals surface area (Å²) in [5.41, 5.74) is 9.57. The molecule has 4 N–H and O–H groups in total. The predicted molar refractivity (Wildman–Crippen MR) is 117 cm³/mol. The molecule has 0 spiro atoms. The van der Waals surface area contributed by atoms with Crippen molar-refractivity contribution in [3.8, 4) is 0 Å². The van der Waals surface area contributed by atoms with E-state index >= 15 is 0 Å². The van der Waals surface area contributed by atoms with Gasteiger partial charge in [0.05, 0.1) is 11.4 Å². The predicted octanol–water partition coefficient (Wildman–Crippen LogP) is 4.33. The van der Waals surface area contributed by atoms with Gasteiger partial charge >= 0.3 is 0 Å². The van der Waals surface area contributed by atoms with Gasteiger partial charge in [0.1, 0.15) is 0 Å². The number of hydrogen-bond acceptors (Lipinski definition) is 3. The number of amides is 2. The van der Waals surface area contributed by atoms with Gasteiger partial charge < -0.3 is 16.4 Å². The molecule has 5 heteroatoms. The number of carbonyl (C=O) groups excluding carboxylic acids is 2. The van der Waals surface area contributed by atoms with Crippen molar-refractivity contribution in [3.63, 3.8) is 0 Å². The van der Waals surface area contributed by atoms with Crippen molar-refractivity contribution in [1.82, 2.24) is 5.32 Å². The highest BCUT2D eigenvalue weighted by Gasteiger charge is 2.11. The topological polar surface area (TPSA) is 84.2 Å². The van der Waals surface area contributed by atoms with Crippen LogP contribution in [0, 0.1) is 0 Å². The number of para-hydroxylation sites is 2. The summed E-state index contributed by atoms with van der Waals surface area (Å²) in [6, 6.07) is 24.3. The third-order valence-corrected chi connectivity index (χ3v) is 4.77. The van der Waals surface area contributed by atoms with Gasteiger partial charge in [-0.25, -0.2) is 0 Å². The number of carbonyl (C=O) groups is 2. The van der Waals surface area contributed by atoms with Crippen LogP contribution in [-0.2, 0) is 11.3 Å². The molecule has 1 atom stereocenters. The molecule has 3 rings (SSSR count). The molecule has 3 aromatic carbocycles. The molecule has 0 saturated heterocycles. The van der Waals surface area contributed by atoms with Crippen LogP contribution in [0.3, 0.4) is 0 Å². The molecule has 2 amide bonds. The minimum Gasteiger partial charge on any atom is -0.397 e. The van der Waals surface area contributed by atoms with Crippen LogP contribution in [0.5, 0.6) is 0 Å². The summed E-state index contributed by atoms with van der Waals surface area (Å²) < 4.78 is 0. The molecule has 0 aromatic heterocycles. The van der Waals surface area contributed by atoms with Crippen molar-refractivity contribution in [3.05, 3.63) is 95.6 Å². The van der Waals surface area contributed by atoms with Crippen molar-refractivity contribution >= 4 is 23.2 Å². The van der Waals surface area contributed by atoms with E-state index in [1.165, 1.54) is 0 Å². The lowest BCUT2D eigenvalue weighted by molar-refractivity contribution is -0.121. The highest BCUT2D eigenvalue weighted by atomic mass is 16.2. The van der Waals surface area contributed by atoms with Crippen molar-refractivity contribution in [2.45, 2.75) is 25.8 Å². The Morgan fingerprint density at radius 2 is 1.55 bits per heavy atom. The third kappa shape index (κ3) is 5.69. The monoisotopic (exact) mass is 387 g/mol. The van der Waals surface area contributed by atoms with Crippen molar-refractivity contribution < 1.29 is 9.59 Å². The number of rotatable bonds is 7. The largest absolute Gasteiger partial charge is 0.397 e. The number of nitrogens with one attached hydrogen (secondary N) is 2. The Bertz CT molecular complexity index is 969. The second-order valence-corrected chi connectivity index (χ2v) is 7.03. The van der Waals surface area contributed by atoms with Crippen LogP contribution in [0.4, 0.5) is 11.4 Å². The standard InChI is InChI=1S/C24H25N3O2/c1-17(19-7-3-2-4-8-19)15-23(28)26-16-18-11-13-20(14-12-18)24(29)27-22-10-6-5-9-21(22)25/h2-14,17H,15-16,25H2,1H3,(H,26,28)(H,27,29). The highest BCUT2D eigenvalue weighted by Crippen LogP contribution is 2.19. The van der Waals surface area contributed by atoms with Gasteiger partial charge in [-0.3, -0.25) is 9.59 Å². The average molecular weight is 387 g/mol. The number of nitrogen functional groups attached to an aromatic ring is 1. The van der Waals surface area contributed by atoms with Gasteiger partial charge in [-0.1, -0.05) is 61.5 Å². The Morgan fingerprint density at radius 3 is 2.24 bits per heavy atom. The molecular formula is C24H25N3O2. The van der Waals surface area contributed by atoms with Crippen LogP contribution >= 0.6 is 0 Å². The van der Waals surface area contributed by atoms with Crippen LogP contribution in [0.2, 0.25) is 0 Å². The Balaban J connectivity index is 1.50. The molecule has 29 heavy (non-hydrogen) atoms. The van der Waals surface area contributed by atoms with E-state index in [4.69, 9.17) is 5.73 Å². The normalized spacial score (nSPS) is 11.5. The van der Waals surface area contributed by atoms with E-state index < -0.39 is 0 Å². The first-order valence-corrected chi connectivity index (χ1v) is 9.59. The van der Waals surface area contributed by atoms with Crippen LogP contribution in [0.1, 0.15) is 40.7 Å². The second-order valence-electron chi connectivity index (χ2n) is 7.03. The smallest absolute Gasteiger partial charge is 0.255 e. The molecule has 148 valence electrons. The van der Waals surface area contributed by atoms with Gasteiger partial charge in [0.15, 0.2) is 0 Å². The fourth-order valence-electron chi connectivity index (χ4n) is 3.03. The highest BCUT2D eigenvalue weighted by molar-refractivity contribution is 6.05. The third-order valence-electron chi connectivity index (χ3n) is 4.77. The van der Waals surface area contributed by atoms with Crippen molar-refractivity contribution in [2.24, 2.45) is 0 Å². The molecule has 0 aliphatic carbocycles. The van der Waals surface area contributed by atoms with E-state index in [2.05, 4.69) is 10.6 Å². The maximum absolute atomic E-state index is 12.4. The van der Waals surface area contributed by atoms with E-state index in [9.17, 15) is 9.59 Å². The summed E-state index contributed by atoms with van der Waals surface area (Å²) in [7, 11) is 0. The molecule has 0 radical (unpaired) electrons. The molecule has 0 bridgehead atoms. The summed E-state index contributed by atoms with van der Waals surface area (Å²) in [5, 5.41) is 5.74. The average Bonchev–Trinajstić information content (AvgIpc) is 2.75. The molecule has 0 aliphatic heterocycles. The molecule has 0 heterocycles. The zero-order chi connectivity index (χ0) is 20.6. The van der Waals surface area contributed by atoms with Gasteiger partial charge in [0.25, 0.3) is 5.91 Å². The molecule has 0 saturated carbocycles. The Labute approximate surface area is 170 Å². The molecule has 3 aromatic rings. The summed E-state index contributed by atoms with van der Waals surface area (Å²) in [6.07, 6.45) is 0.434. The molecule has 0 fully saturated rings. The molecular weight excluding hydrogens is 362 g/mol. The van der Waals surface area contributed by atoms with E-state index in [-0.39, 0.29) is 17.7 Å². The van der Waals surface area contributed by atoms with E-state index in [0.717, 1.165) is 11.1 Å². The van der Waals surface area contributed by atoms with E-state index in [1.807, 2.05) is 61.5 Å². The van der Waals surface area contributed by atoms with Crippen LogP contribution in [0.25, 0.3) is 0 Å². The van der Waals surface area contributed by atoms with Gasteiger partial charge in [0, 0.05) is 18.5 Å². The number of anilines is 2. The van der Waals surface area contributed by atoms with Crippen molar-refractivity contribution in [2.75, 3.05) is 11.1 Å². The fraction of sp³-hybridized carbons (Fsp3) is 0.167. The number of benzene rings is 3. The summed E-state index contributed by atoms with van der Waals surface area (Å²) in [5.74, 6) is -0.0643. The summed E-state index contributed by atoms with van der Waals surface area (Å²) >= 11 is 0.